The second-order valence-electron chi connectivity index (χ2n) is 3.50. The van der Waals surface area contributed by atoms with Gasteiger partial charge >= 0.3 is 0 Å². The van der Waals surface area contributed by atoms with E-state index in [0.717, 1.165) is 11.8 Å². The summed E-state index contributed by atoms with van der Waals surface area (Å²) < 4.78 is 0. The van der Waals surface area contributed by atoms with Crippen LogP contribution in [0.15, 0.2) is 23.8 Å². The van der Waals surface area contributed by atoms with E-state index in [-0.39, 0.29) is 0 Å². The molecule has 1 unspecified atom stereocenters. The van der Waals surface area contributed by atoms with Crippen molar-refractivity contribution >= 4 is 0 Å². The molecule has 0 heteroatoms. The largest absolute Gasteiger partial charge is 0.0805 e. The number of hydrogen-bond acceptors (Lipinski definition) is 0. The molecule has 54 valence electrons. The molecule has 0 aromatic carbocycles. The van der Waals surface area contributed by atoms with Gasteiger partial charge in [0.05, 0.1) is 0 Å². The minimum atomic E-state index is 0.870. The Hall–Kier alpha value is -0.520. The van der Waals surface area contributed by atoms with Crippen LogP contribution in [0.25, 0.3) is 0 Å². The van der Waals surface area contributed by atoms with Gasteiger partial charge in [-0.1, -0.05) is 30.7 Å². The van der Waals surface area contributed by atoms with Crippen molar-refractivity contribution in [3.05, 3.63) is 23.8 Å². The van der Waals surface area contributed by atoms with Crippen LogP contribution in [0.4, 0.5) is 0 Å². The number of hydrogen-bond donors (Lipinski definition) is 0. The summed E-state index contributed by atoms with van der Waals surface area (Å²) in [5, 5.41) is 0. The molecule has 0 nitrogen and oxygen atoms in total. The Morgan fingerprint density at radius 2 is 2.30 bits per heavy atom. The molecule has 0 N–H and O–H groups in total. The zero-order chi connectivity index (χ0) is 6.97. The zero-order valence-corrected chi connectivity index (χ0v) is 6.51. The molecule has 0 radical (unpaired) electrons. The van der Waals surface area contributed by atoms with Gasteiger partial charge in [0.15, 0.2) is 0 Å². The van der Waals surface area contributed by atoms with E-state index in [1.165, 1.54) is 19.3 Å². The molecule has 0 saturated heterocycles. The van der Waals surface area contributed by atoms with E-state index in [1.54, 1.807) is 5.57 Å². The summed E-state index contributed by atoms with van der Waals surface area (Å²) in [5.41, 5.74) is 1.66. The highest BCUT2D eigenvalue weighted by atomic mass is 14.3. The summed E-state index contributed by atoms with van der Waals surface area (Å²) in [6, 6.07) is 0. The first-order valence-electron chi connectivity index (χ1n) is 4.23. The number of allylic oxidation sites excluding steroid dienone is 4. The van der Waals surface area contributed by atoms with Crippen LogP contribution in [0.1, 0.15) is 26.2 Å². The first kappa shape index (κ1) is 6.21. The van der Waals surface area contributed by atoms with Gasteiger partial charge in [0.2, 0.25) is 0 Å². The van der Waals surface area contributed by atoms with Crippen molar-refractivity contribution in [1.29, 1.82) is 0 Å². The first-order chi connectivity index (χ1) is 4.88. The Morgan fingerprint density at radius 3 is 2.80 bits per heavy atom. The Kier molecular flexibility index (Phi) is 1.40. The molecule has 2 rings (SSSR count). The Balaban J connectivity index is 1.98. The van der Waals surface area contributed by atoms with Gasteiger partial charge < -0.3 is 0 Å². The number of rotatable bonds is 2. The van der Waals surface area contributed by atoms with Crippen molar-refractivity contribution in [2.24, 2.45) is 11.8 Å². The van der Waals surface area contributed by atoms with Crippen LogP contribution < -0.4 is 0 Å². The van der Waals surface area contributed by atoms with E-state index in [0.29, 0.717) is 0 Å². The Labute approximate surface area is 62.6 Å². The van der Waals surface area contributed by atoms with Crippen LogP contribution in [-0.2, 0) is 0 Å². The molecule has 0 aromatic heterocycles. The van der Waals surface area contributed by atoms with Crippen molar-refractivity contribution in [1.82, 2.24) is 0 Å². The van der Waals surface area contributed by atoms with Gasteiger partial charge in [0.25, 0.3) is 0 Å². The monoisotopic (exact) mass is 134 g/mol. The minimum Gasteiger partial charge on any atom is -0.0805 e. The molecule has 1 saturated carbocycles. The molecule has 2 aliphatic carbocycles. The van der Waals surface area contributed by atoms with Gasteiger partial charge in [-0.15, -0.1) is 0 Å². The van der Waals surface area contributed by atoms with Gasteiger partial charge in [0, 0.05) is 0 Å². The molecule has 0 aromatic rings. The minimum absolute atomic E-state index is 0.870. The lowest BCUT2D eigenvalue weighted by molar-refractivity contribution is 0.584. The predicted octanol–water partition coefficient (Wildman–Crippen LogP) is 2.92. The summed E-state index contributed by atoms with van der Waals surface area (Å²) in [5.74, 6) is 1.90. The van der Waals surface area contributed by atoms with Crippen LogP contribution in [0.3, 0.4) is 0 Å². The molecule has 1 atom stereocenters. The summed E-state index contributed by atoms with van der Waals surface area (Å²) in [6.45, 7) is 2.37. The molecule has 0 bridgehead atoms. The fourth-order valence-corrected chi connectivity index (χ4v) is 1.70. The molecule has 1 fully saturated rings. The second-order valence-corrected chi connectivity index (χ2v) is 3.50. The average Bonchev–Trinajstić information content (AvgIpc) is 2.65. The smallest absolute Gasteiger partial charge is 0.0130 e. The normalized spacial score (nSPS) is 26.7. The molecule has 0 aliphatic heterocycles. The van der Waals surface area contributed by atoms with Crippen molar-refractivity contribution in [3.63, 3.8) is 0 Å². The van der Waals surface area contributed by atoms with E-state index < -0.39 is 0 Å². The van der Waals surface area contributed by atoms with Crippen LogP contribution >= 0.6 is 0 Å². The maximum Gasteiger partial charge on any atom is -0.0130 e. The SMILES string of the molecule is CC(C1=CC=CC1)C1CC1. The third kappa shape index (κ3) is 1.03. The second kappa shape index (κ2) is 2.26. The fraction of sp³-hybridized carbons (Fsp3) is 0.600. The summed E-state index contributed by atoms with van der Waals surface area (Å²) in [6.07, 6.45) is 10.9. The standard InChI is InChI=1S/C10H14/c1-8(10-6-7-10)9-4-2-3-5-9/h2-4,8,10H,5-7H2,1H3. The fourth-order valence-electron chi connectivity index (χ4n) is 1.70. The van der Waals surface area contributed by atoms with Gasteiger partial charge in [-0.25, -0.2) is 0 Å². The third-order valence-electron chi connectivity index (χ3n) is 2.71. The van der Waals surface area contributed by atoms with Gasteiger partial charge in [-0.2, -0.15) is 0 Å². The third-order valence-corrected chi connectivity index (χ3v) is 2.71. The van der Waals surface area contributed by atoms with E-state index in [1.807, 2.05) is 0 Å². The highest BCUT2D eigenvalue weighted by Gasteiger charge is 2.29. The molecule has 0 spiro atoms. The average molecular weight is 134 g/mol. The quantitative estimate of drug-likeness (QED) is 0.544. The van der Waals surface area contributed by atoms with E-state index >= 15 is 0 Å². The molecule has 0 amide bonds. The molecular weight excluding hydrogens is 120 g/mol. The molecular formula is C10H14. The van der Waals surface area contributed by atoms with Crippen molar-refractivity contribution in [2.45, 2.75) is 26.2 Å². The molecule has 2 aliphatic rings. The highest BCUT2D eigenvalue weighted by molar-refractivity contribution is 5.25. The Bertz CT molecular complexity index is 182. The van der Waals surface area contributed by atoms with E-state index in [4.69, 9.17) is 0 Å². The van der Waals surface area contributed by atoms with Crippen LogP contribution in [-0.4, -0.2) is 0 Å². The van der Waals surface area contributed by atoms with Crippen molar-refractivity contribution in [3.8, 4) is 0 Å². The van der Waals surface area contributed by atoms with Crippen molar-refractivity contribution < 1.29 is 0 Å². The molecule has 10 heavy (non-hydrogen) atoms. The first-order valence-corrected chi connectivity index (χ1v) is 4.23. The van der Waals surface area contributed by atoms with Crippen LogP contribution in [0.2, 0.25) is 0 Å². The summed E-state index contributed by atoms with van der Waals surface area (Å²) in [4.78, 5) is 0. The van der Waals surface area contributed by atoms with Gasteiger partial charge in [-0.05, 0) is 31.1 Å². The lowest BCUT2D eigenvalue weighted by Crippen LogP contribution is -1.98. The zero-order valence-electron chi connectivity index (χ0n) is 6.51. The summed E-state index contributed by atoms with van der Waals surface area (Å²) in [7, 11) is 0. The van der Waals surface area contributed by atoms with E-state index in [9.17, 15) is 0 Å². The lowest BCUT2D eigenvalue weighted by atomic mass is 9.95. The topological polar surface area (TPSA) is 0 Å². The predicted molar refractivity (Wildman–Crippen MR) is 43.7 cm³/mol. The highest BCUT2D eigenvalue weighted by Crippen LogP contribution is 2.41. The maximum atomic E-state index is 2.37. The van der Waals surface area contributed by atoms with Gasteiger partial charge in [-0.3, -0.25) is 0 Å². The summed E-state index contributed by atoms with van der Waals surface area (Å²) >= 11 is 0. The maximum absolute atomic E-state index is 2.37. The Morgan fingerprint density at radius 1 is 1.50 bits per heavy atom. The van der Waals surface area contributed by atoms with E-state index in [2.05, 4.69) is 25.2 Å². The molecule has 0 heterocycles. The van der Waals surface area contributed by atoms with Crippen LogP contribution in [0.5, 0.6) is 0 Å². The van der Waals surface area contributed by atoms with Crippen LogP contribution in [0, 0.1) is 11.8 Å². The lowest BCUT2D eigenvalue weighted by Gasteiger charge is -2.10. The van der Waals surface area contributed by atoms with Gasteiger partial charge in [0.1, 0.15) is 0 Å². The van der Waals surface area contributed by atoms with Crippen molar-refractivity contribution in [2.75, 3.05) is 0 Å².